The average Bonchev–Trinajstić information content (AvgIpc) is 2.98. The number of aryl methyl sites for hydroxylation is 1. The first-order valence-electron chi connectivity index (χ1n) is 8.87. The summed E-state index contributed by atoms with van der Waals surface area (Å²) in [6, 6.07) is 0. The summed E-state index contributed by atoms with van der Waals surface area (Å²) in [4.78, 5) is 30.3. The summed E-state index contributed by atoms with van der Waals surface area (Å²) in [5.41, 5.74) is 1.01. The molecule has 0 unspecified atom stereocenters. The van der Waals surface area contributed by atoms with E-state index in [2.05, 4.69) is 25.8 Å². The van der Waals surface area contributed by atoms with Crippen molar-refractivity contribution in [1.29, 1.82) is 0 Å². The second-order valence-corrected chi connectivity index (χ2v) is 7.51. The number of imidazole rings is 1. The van der Waals surface area contributed by atoms with Gasteiger partial charge in [-0.15, -0.1) is 0 Å². The Labute approximate surface area is 152 Å². The molecule has 0 bridgehead atoms. The van der Waals surface area contributed by atoms with Gasteiger partial charge in [0, 0.05) is 25.6 Å². The lowest BCUT2D eigenvalue weighted by Gasteiger charge is -2.30. The Morgan fingerprint density at radius 3 is 2.50 bits per heavy atom. The van der Waals surface area contributed by atoms with Gasteiger partial charge in [-0.05, 0) is 13.8 Å². The first kappa shape index (κ1) is 18.2. The minimum atomic E-state index is -0.365. The standard InChI is InChI=1S/C18H26N6O2/c1-7-9-10-22-15(25)13-14(21(6)17(22)26)19-16-23(13)11-12(18(3,4)5)20-24(16)8-2/h7,9H,8,10-11H2,1-6H3/b9-7+. The van der Waals surface area contributed by atoms with Gasteiger partial charge in [0.1, 0.15) is 0 Å². The molecule has 1 aliphatic rings. The van der Waals surface area contributed by atoms with Crippen LogP contribution >= 0.6 is 0 Å². The summed E-state index contributed by atoms with van der Waals surface area (Å²) in [5.74, 6) is 0.603. The van der Waals surface area contributed by atoms with E-state index in [1.807, 2.05) is 24.5 Å². The van der Waals surface area contributed by atoms with Crippen LogP contribution in [0.4, 0.5) is 5.95 Å². The molecule has 0 aromatic carbocycles. The number of hydrogen-bond acceptors (Lipinski definition) is 5. The predicted octanol–water partition coefficient (Wildman–Crippen LogP) is 1.71. The summed E-state index contributed by atoms with van der Waals surface area (Å²) in [6.45, 7) is 11.5. The Kier molecular flexibility index (Phi) is 4.37. The fourth-order valence-corrected chi connectivity index (χ4v) is 3.05. The van der Waals surface area contributed by atoms with E-state index in [4.69, 9.17) is 5.10 Å². The molecule has 26 heavy (non-hydrogen) atoms. The van der Waals surface area contributed by atoms with E-state index in [1.54, 1.807) is 18.1 Å². The van der Waals surface area contributed by atoms with E-state index in [9.17, 15) is 9.59 Å². The highest BCUT2D eigenvalue weighted by atomic mass is 16.2. The van der Waals surface area contributed by atoms with Crippen molar-refractivity contribution in [2.24, 2.45) is 17.6 Å². The molecule has 0 atom stereocenters. The molecule has 140 valence electrons. The monoisotopic (exact) mass is 358 g/mol. The van der Waals surface area contributed by atoms with Gasteiger partial charge >= 0.3 is 5.69 Å². The van der Waals surface area contributed by atoms with E-state index >= 15 is 0 Å². The molecule has 3 heterocycles. The highest BCUT2D eigenvalue weighted by Crippen LogP contribution is 2.28. The number of hydrazone groups is 1. The van der Waals surface area contributed by atoms with E-state index < -0.39 is 0 Å². The second kappa shape index (κ2) is 6.26. The molecule has 2 aromatic rings. The van der Waals surface area contributed by atoms with Crippen LogP contribution in [0.5, 0.6) is 0 Å². The SMILES string of the molecule is C/C=C/Cn1c(=O)c2c(nc3n2CC(C(C)(C)C)=NN3CC)n(C)c1=O. The van der Waals surface area contributed by atoms with Gasteiger partial charge in [0.05, 0.1) is 12.3 Å². The van der Waals surface area contributed by atoms with Gasteiger partial charge in [0.15, 0.2) is 11.2 Å². The van der Waals surface area contributed by atoms with E-state index in [-0.39, 0.29) is 23.2 Å². The van der Waals surface area contributed by atoms with Crippen molar-refractivity contribution in [2.75, 3.05) is 11.6 Å². The number of hydrogen-bond donors (Lipinski definition) is 0. The molecular weight excluding hydrogens is 332 g/mol. The van der Waals surface area contributed by atoms with Crippen molar-refractivity contribution in [3.05, 3.63) is 33.0 Å². The van der Waals surface area contributed by atoms with Crippen LogP contribution < -0.4 is 16.3 Å². The van der Waals surface area contributed by atoms with Crippen molar-refractivity contribution < 1.29 is 0 Å². The lowest BCUT2D eigenvalue weighted by molar-refractivity contribution is 0.550. The van der Waals surface area contributed by atoms with Crippen LogP contribution in [0.3, 0.4) is 0 Å². The Hall–Kier alpha value is -2.64. The quantitative estimate of drug-likeness (QED) is 0.783. The molecule has 0 amide bonds. The van der Waals surface area contributed by atoms with Crippen molar-refractivity contribution in [3.63, 3.8) is 0 Å². The first-order chi connectivity index (χ1) is 12.2. The number of aromatic nitrogens is 4. The summed E-state index contributed by atoms with van der Waals surface area (Å²) in [5, 5.41) is 6.52. The Bertz CT molecular complexity index is 1030. The van der Waals surface area contributed by atoms with Crippen LogP contribution in [0.2, 0.25) is 0 Å². The molecule has 0 saturated heterocycles. The zero-order valence-corrected chi connectivity index (χ0v) is 16.3. The number of nitrogens with zero attached hydrogens (tertiary/aromatic N) is 6. The third kappa shape index (κ3) is 2.69. The molecule has 0 aliphatic carbocycles. The van der Waals surface area contributed by atoms with Gasteiger partial charge < -0.3 is 0 Å². The average molecular weight is 358 g/mol. The van der Waals surface area contributed by atoms with Gasteiger partial charge in [-0.2, -0.15) is 10.1 Å². The van der Waals surface area contributed by atoms with Gasteiger partial charge in [0.2, 0.25) is 5.95 Å². The van der Waals surface area contributed by atoms with Gasteiger partial charge in [0.25, 0.3) is 5.56 Å². The second-order valence-electron chi connectivity index (χ2n) is 7.51. The summed E-state index contributed by atoms with van der Waals surface area (Å²) in [6.07, 6.45) is 3.62. The fourth-order valence-electron chi connectivity index (χ4n) is 3.05. The van der Waals surface area contributed by atoms with E-state index in [0.29, 0.717) is 30.2 Å². The molecule has 0 spiro atoms. The molecule has 0 N–H and O–H groups in total. The predicted molar refractivity (Wildman–Crippen MR) is 104 cm³/mol. The van der Waals surface area contributed by atoms with Crippen LogP contribution in [-0.4, -0.2) is 30.9 Å². The molecule has 8 nitrogen and oxygen atoms in total. The number of fused-ring (bicyclic) bond motifs is 3. The molecular formula is C18H26N6O2. The lowest BCUT2D eigenvalue weighted by Crippen LogP contribution is -2.40. The largest absolute Gasteiger partial charge is 0.332 e. The highest BCUT2D eigenvalue weighted by molar-refractivity contribution is 5.93. The van der Waals surface area contributed by atoms with E-state index in [1.165, 1.54) is 9.13 Å². The van der Waals surface area contributed by atoms with Crippen LogP contribution in [0, 0.1) is 5.41 Å². The number of rotatable bonds is 3. The van der Waals surface area contributed by atoms with E-state index in [0.717, 1.165) is 5.71 Å². The molecule has 0 saturated carbocycles. The van der Waals surface area contributed by atoms with Crippen molar-refractivity contribution >= 4 is 22.8 Å². The van der Waals surface area contributed by atoms with Gasteiger partial charge in [-0.1, -0.05) is 32.9 Å². The molecule has 3 rings (SSSR count). The lowest BCUT2D eigenvalue weighted by atomic mass is 9.89. The fraction of sp³-hybridized carbons (Fsp3) is 0.556. The van der Waals surface area contributed by atoms with Crippen molar-refractivity contribution in [1.82, 2.24) is 18.7 Å². The molecule has 1 aliphatic heterocycles. The summed E-state index contributed by atoms with van der Waals surface area (Å²) in [7, 11) is 1.65. The maximum atomic E-state index is 13.1. The maximum Gasteiger partial charge on any atom is 0.332 e. The number of allylic oxidation sites excluding steroid dienone is 2. The molecule has 8 heteroatoms. The zero-order valence-electron chi connectivity index (χ0n) is 16.3. The van der Waals surface area contributed by atoms with Gasteiger partial charge in [-0.3, -0.25) is 18.5 Å². The minimum Gasteiger partial charge on any atom is -0.297 e. The molecule has 0 radical (unpaired) electrons. The van der Waals surface area contributed by atoms with Crippen LogP contribution in [0.25, 0.3) is 11.2 Å². The topological polar surface area (TPSA) is 77.4 Å². The maximum absolute atomic E-state index is 13.1. The third-order valence-corrected chi connectivity index (χ3v) is 4.68. The number of anilines is 1. The smallest absolute Gasteiger partial charge is 0.297 e. The molecule has 2 aromatic heterocycles. The third-order valence-electron chi connectivity index (χ3n) is 4.68. The Morgan fingerprint density at radius 1 is 1.23 bits per heavy atom. The van der Waals surface area contributed by atoms with Crippen LogP contribution in [-0.2, 0) is 20.1 Å². The van der Waals surface area contributed by atoms with Gasteiger partial charge in [-0.25, -0.2) is 9.80 Å². The zero-order chi connectivity index (χ0) is 19.2. The first-order valence-corrected chi connectivity index (χ1v) is 8.87. The minimum absolute atomic E-state index is 0.133. The Morgan fingerprint density at radius 2 is 1.92 bits per heavy atom. The normalized spacial score (nSPS) is 15.0. The van der Waals surface area contributed by atoms with Crippen molar-refractivity contribution in [3.8, 4) is 0 Å². The van der Waals surface area contributed by atoms with Crippen LogP contribution in [0.1, 0.15) is 34.6 Å². The Balaban J connectivity index is 2.34. The van der Waals surface area contributed by atoms with Crippen molar-refractivity contribution in [2.45, 2.75) is 47.7 Å². The summed E-state index contributed by atoms with van der Waals surface area (Å²) < 4.78 is 4.58. The summed E-state index contributed by atoms with van der Waals surface area (Å²) >= 11 is 0. The molecule has 0 fully saturated rings. The van der Waals surface area contributed by atoms with Crippen LogP contribution in [0.15, 0.2) is 26.8 Å². The highest BCUT2D eigenvalue weighted by Gasteiger charge is 2.31.